The fourth-order valence-electron chi connectivity index (χ4n) is 2.47. The van der Waals surface area contributed by atoms with Gasteiger partial charge in [-0.2, -0.15) is 0 Å². The van der Waals surface area contributed by atoms with E-state index in [1.807, 2.05) is 0 Å². The molecule has 1 rings (SSSR count). The second-order valence-corrected chi connectivity index (χ2v) is 5.64. The van der Waals surface area contributed by atoms with Crippen LogP contribution in [0.1, 0.15) is 47.0 Å². The lowest BCUT2D eigenvalue weighted by molar-refractivity contribution is 0.149. The molecule has 2 atom stereocenters. The van der Waals surface area contributed by atoms with E-state index in [1.54, 1.807) is 0 Å². The van der Waals surface area contributed by atoms with Gasteiger partial charge in [-0.1, -0.05) is 20.8 Å². The summed E-state index contributed by atoms with van der Waals surface area (Å²) in [4.78, 5) is 2.60. The molecule has 1 saturated heterocycles. The Morgan fingerprint density at radius 2 is 2.14 bits per heavy atom. The Bertz CT molecular complexity index is 177. The molecule has 1 aliphatic heterocycles. The number of nitrogens with two attached hydrogens (primary N) is 1. The molecular weight excluding hydrogens is 172 g/mol. The highest BCUT2D eigenvalue weighted by Crippen LogP contribution is 2.28. The van der Waals surface area contributed by atoms with Crippen LogP contribution in [0.4, 0.5) is 0 Å². The van der Waals surface area contributed by atoms with Gasteiger partial charge in [0.15, 0.2) is 0 Å². The number of rotatable bonds is 2. The van der Waals surface area contributed by atoms with E-state index in [2.05, 4.69) is 32.6 Å². The lowest BCUT2D eigenvalue weighted by atomic mass is 9.86. The predicted molar refractivity (Wildman–Crippen MR) is 62.3 cm³/mol. The number of hydrogen-bond donors (Lipinski definition) is 1. The van der Waals surface area contributed by atoms with Gasteiger partial charge in [-0.3, -0.25) is 0 Å². The van der Waals surface area contributed by atoms with Crippen molar-refractivity contribution in [2.45, 2.75) is 59.0 Å². The van der Waals surface area contributed by atoms with Crippen LogP contribution in [-0.4, -0.2) is 30.1 Å². The molecule has 0 bridgehead atoms. The normalized spacial score (nSPS) is 31.1. The van der Waals surface area contributed by atoms with Gasteiger partial charge in [-0.15, -0.1) is 0 Å². The highest BCUT2D eigenvalue weighted by molar-refractivity contribution is 4.85. The summed E-state index contributed by atoms with van der Waals surface area (Å²) in [5, 5.41) is 0. The van der Waals surface area contributed by atoms with E-state index in [4.69, 9.17) is 5.73 Å². The van der Waals surface area contributed by atoms with Gasteiger partial charge >= 0.3 is 0 Å². The largest absolute Gasteiger partial charge is 0.328 e. The third-order valence-corrected chi connectivity index (χ3v) is 3.45. The van der Waals surface area contributed by atoms with Crippen LogP contribution < -0.4 is 5.73 Å². The Morgan fingerprint density at radius 3 is 2.71 bits per heavy atom. The zero-order chi connectivity index (χ0) is 10.8. The average Bonchev–Trinajstić information content (AvgIpc) is 2.22. The summed E-state index contributed by atoms with van der Waals surface area (Å²) in [6.07, 6.45) is 3.57. The molecule has 1 heterocycles. The standard InChI is InChI=1S/C12H26N2/c1-5-10(2)14-7-6-11(13)8-12(3,4)9-14/h10-11H,5-9,13H2,1-4H3. The molecule has 0 aliphatic carbocycles. The zero-order valence-electron chi connectivity index (χ0n) is 10.2. The molecular formula is C12H26N2. The average molecular weight is 198 g/mol. The Kier molecular flexibility index (Phi) is 3.96. The van der Waals surface area contributed by atoms with Gasteiger partial charge in [0.1, 0.15) is 0 Å². The van der Waals surface area contributed by atoms with Gasteiger partial charge in [0.05, 0.1) is 0 Å². The summed E-state index contributed by atoms with van der Waals surface area (Å²) in [5.41, 5.74) is 6.48. The van der Waals surface area contributed by atoms with E-state index in [-0.39, 0.29) is 0 Å². The fourth-order valence-corrected chi connectivity index (χ4v) is 2.47. The first-order valence-electron chi connectivity index (χ1n) is 5.94. The van der Waals surface area contributed by atoms with Gasteiger partial charge in [0.25, 0.3) is 0 Å². The molecule has 84 valence electrons. The topological polar surface area (TPSA) is 29.3 Å². The van der Waals surface area contributed by atoms with Crippen molar-refractivity contribution in [2.24, 2.45) is 11.1 Å². The van der Waals surface area contributed by atoms with E-state index < -0.39 is 0 Å². The molecule has 2 unspecified atom stereocenters. The van der Waals surface area contributed by atoms with Crippen LogP contribution in [0.25, 0.3) is 0 Å². The summed E-state index contributed by atoms with van der Waals surface area (Å²) < 4.78 is 0. The van der Waals surface area contributed by atoms with Crippen molar-refractivity contribution >= 4 is 0 Å². The summed E-state index contributed by atoms with van der Waals surface area (Å²) in [6, 6.07) is 1.11. The lowest BCUT2D eigenvalue weighted by Crippen LogP contribution is -2.38. The van der Waals surface area contributed by atoms with Crippen LogP contribution >= 0.6 is 0 Å². The Morgan fingerprint density at radius 1 is 1.50 bits per heavy atom. The minimum absolute atomic E-state index is 0.388. The number of nitrogens with zero attached hydrogens (tertiary/aromatic N) is 1. The molecule has 2 nitrogen and oxygen atoms in total. The minimum atomic E-state index is 0.388. The van der Waals surface area contributed by atoms with Gasteiger partial charge < -0.3 is 10.6 Å². The Labute approximate surface area is 88.8 Å². The third kappa shape index (κ3) is 3.25. The SMILES string of the molecule is CCC(C)N1CCC(N)CC(C)(C)C1. The van der Waals surface area contributed by atoms with Crippen LogP contribution in [0.5, 0.6) is 0 Å². The number of likely N-dealkylation sites (tertiary alicyclic amines) is 1. The maximum atomic E-state index is 6.09. The van der Waals surface area contributed by atoms with Crippen LogP contribution in [0.3, 0.4) is 0 Å². The lowest BCUT2D eigenvalue weighted by Gasteiger charge is -2.33. The molecule has 0 spiro atoms. The summed E-state index contributed by atoms with van der Waals surface area (Å²) in [5.74, 6) is 0. The van der Waals surface area contributed by atoms with Crippen LogP contribution in [0.15, 0.2) is 0 Å². The minimum Gasteiger partial charge on any atom is -0.328 e. The number of hydrogen-bond acceptors (Lipinski definition) is 2. The molecule has 0 aromatic carbocycles. The summed E-state index contributed by atoms with van der Waals surface area (Å²) in [7, 11) is 0. The van der Waals surface area contributed by atoms with Crippen molar-refractivity contribution in [2.75, 3.05) is 13.1 Å². The van der Waals surface area contributed by atoms with Crippen molar-refractivity contribution in [1.82, 2.24) is 4.90 Å². The molecule has 2 heteroatoms. The molecule has 1 fully saturated rings. The molecule has 0 saturated carbocycles. The molecule has 1 aliphatic rings. The van der Waals surface area contributed by atoms with Gasteiger partial charge in [0, 0.05) is 18.6 Å². The molecule has 2 N–H and O–H groups in total. The van der Waals surface area contributed by atoms with Crippen LogP contribution in [-0.2, 0) is 0 Å². The van der Waals surface area contributed by atoms with Crippen LogP contribution in [0, 0.1) is 5.41 Å². The Hall–Kier alpha value is -0.0800. The van der Waals surface area contributed by atoms with E-state index in [0.29, 0.717) is 17.5 Å². The first-order valence-corrected chi connectivity index (χ1v) is 5.94. The van der Waals surface area contributed by atoms with Gasteiger partial charge in [-0.05, 0) is 38.1 Å². The van der Waals surface area contributed by atoms with Gasteiger partial charge in [-0.25, -0.2) is 0 Å². The second-order valence-electron chi connectivity index (χ2n) is 5.64. The van der Waals surface area contributed by atoms with Crippen molar-refractivity contribution in [1.29, 1.82) is 0 Å². The van der Waals surface area contributed by atoms with E-state index in [0.717, 1.165) is 6.42 Å². The summed E-state index contributed by atoms with van der Waals surface area (Å²) >= 11 is 0. The highest BCUT2D eigenvalue weighted by atomic mass is 15.2. The Balaban J connectivity index is 2.62. The predicted octanol–water partition coefficient (Wildman–Crippen LogP) is 2.23. The molecule has 0 aromatic heterocycles. The van der Waals surface area contributed by atoms with Crippen molar-refractivity contribution in [3.8, 4) is 0 Å². The maximum absolute atomic E-state index is 6.09. The van der Waals surface area contributed by atoms with E-state index >= 15 is 0 Å². The van der Waals surface area contributed by atoms with Crippen molar-refractivity contribution < 1.29 is 0 Å². The molecule has 0 aromatic rings. The quantitative estimate of drug-likeness (QED) is 0.737. The first kappa shape index (κ1) is 12.0. The molecule has 0 radical (unpaired) electrons. The van der Waals surface area contributed by atoms with E-state index in [1.165, 1.54) is 25.9 Å². The van der Waals surface area contributed by atoms with E-state index in [9.17, 15) is 0 Å². The first-order chi connectivity index (χ1) is 6.44. The smallest absolute Gasteiger partial charge is 0.00645 e. The van der Waals surface area contributed by atoms with Gasteiger partial charge in [0.2, 0.25) is 0 Å². The fraction of sp³-hybridized carbons (Fsp3) is 1.00. The van der Waals surface area contributed by atoms with Crippen molar-refractivity contribution in [3.05, 3.63) is 0 Å². The maximum Gasteiger partial charge on any atom is 0.00645 e. The molecule has 0 amide bonds. The monoisotopic (exact) mass is 198 g/mol. The molecule has 14 heavy (non-hydrogen) atoms. The zero-order valence-corrected chi connectivity index (χ0v) is 10.2. The third-order valence-electron chi connectivity index (χ3n) is 3.45. The highest BCUT2D eigenvalue weighted by Gasteiger charge is 2.29. The van der Waals surface area contributed by atoms with Crippen molar-refractivity contribution in [3.63, 3.8) is 0 Å². The summed E-state index contributed by atoms with van der Waals surface area (Å²) in [6.45, 7) is 11.7. The van der Waals surface area contributed by atoms with Crippen LogP contribution in [0.2, 0.25) is 0 Å². The second kappa shape index (κ2) is 4.63.